The molecule has 1 heterocycles. The summed E-state index contributed by atoms with van der Waals surface area (Å²) in [6, 6.07) is 4.63. The lowest BCUT2D eigenvalue weighted by Gasteiger charge is -2.30. The van der Waals surface area contributed by atoms with Gasteiger partial charge in [0.15, 0.2) is 5.96 Å². The molecule has 2 atom stereocenters. The number of hydrogen-bond acceptors (Lipinski definition) is 3. The highest BCUT2D eigenvalue weighted by Gasteiger charge is 2.27. The Morgan fingerprint density at radius 3 is 2.81 bits per heavy atom. The van der Waals surface area contributed by atoms with Gasteiger partial charge in [0, 0.05) is 43.0 Å². The molecule has 3 N–H and O–H groups in total. The zero-order chi connectivity index (χ0) is 19.6. The number of nitrogens with one attached hydrogen (secondary N) is 3. The second kappa shape index (κ2) is 10.9. The van der Waals surface area contributed by atoms with Crippen molar-refractivity contribution >= 4 is 11.9 Å². The highest BCUT2D eigenvalue weighted by atomic mass is 16.1. The SMILES string of the molecule is CCNC(=NCCc1ccc(C)nc1)NC1CCCC(C(=O)NC(C)C)C1. The number of carbonyl (C=O) groups excluding carboxylic acids is 1. The van der Waals surface area contributed by atoms with Crippen LogP contribution in [0.1, 0.15) is 57.7 Å². The molecule has 27 heavy (non-hydrogen) atoms. The molecule has 1 aliphatic carbocycles. The Bertz CT molecular complexity index is 612. The Hall–Kier alpha value is -2.11. The van der Waals surface area contributed by atoms with Gasteiger partial charge in [-0.1, -0.05) is 12.5 Å². The summed E-state index contributed by atoms with van der Waals surface area (Å²) in [5, 5.41) is 9.91. The molecule has 2 unspecified atom stereocenters. The minimum Gasteiger partial charge on any atom is -0.357 e. The van der Waals surface area contributed by atoms with Crippen LogP contribution < -0.4 is 16.0 Å². The van der Waals surface area contributed by atoms with Crippen LogP contribution in [-0.2, 0) is 11.2 Å². The van der Waals surface area contributed by atoms with Crippen molar-refractivity contribution in [1.29, 1.82) is 0 Å². The van der Waals surface area contributed by atoms with Gasteiger partial charge in [-0.3, -0.25) is 14.8 Å². The molecular weight excluding hydrogens is 338 g/mol. The van der Waals surface area contributed by atoms with Gasteiger partial charge < -0.3 is 16.0 Å². The number of pyridine rings is 1. The fraction of sp³-hybridized carbons (Fsp3) is 0.667. The third kappa shape index (κ3) is 7.57. The molecular formula is C21H35N5O. The Balaban J connectivity index is 1.87. The fourth-order valence-electron chi connectivity index (χ4n) is 3.42. The second-order valence-corrected chi connectivity index (χ2v) is 7.69. The van der Waals surface area contributed by atoms with Crippen molar-refractivity contribution in [3.05, 3.63) is 29.6 Å². The average molecular weight is 374 g/mol. The summed E-state index contributed by atoms with van der Waals surface area (Å²) in [6.45, 7) is 9.62. The zero-order valence-electron chi connectivity index (χ0n) is 17.2. The molecule has 0 aromatic carbocycles. The molecule has 1 aromatic heterocycles. The Kier molecular flexibility index (Phi) is 8.55. The number of nitrogens with zero attached hydrogens (tertiary/aromatic N) is 2. The Labute approximate surface area is 163 Å². The average Bonchev–Trinajstić information content (AvgIpc) is 2.63. The maximum atomic E-state index is 12.3. The summed E-state index contributed by atoms with van der Waals surface area (Å²) in [5.41, 5.74) is 2.23. The Morgan fingerprint density at radius 1 is 1.33 bits per heavy atom. The van der Waals surface area contributed by atoms with Crippen molar-refractivity contribution in [3.63, 3.8) is 0 Å². The van der Waals surface area contributed by atoms with E-state index in [4.69, 9.17) is 4.99 Å². The summed E-state index contributed by atoms with van der Waals surface area (Å²) in [6.07, 6.45) is 6.79. The van der Waals surface area contributed by atoms with Crippen LogP contribution in [-0.4, -0.2) is 42.0 Å². The van der Waals surface area contributed by atoms with E-state index < -0.39 is 0 Å². The Morgan fingerprint density at radius 2 is 2.15 bits per heavy atom. The highest BCUT2D eigenvalue weighted by molar-refractivity contribution is 5.81. The largest absolute Gasteiger partial charge is 0.357 e. The van der Waals surface area contributed by atoms with Crippen LogP contribution in [0.3, 0.4) is 0 Å². The molecule has 1 amide bonds. The van der Waals surface area contributed by atoms with Crippen molar-refractivity contribution in [2.24, 2.45) is 10.9 Å². The van der Waals surface area contributed by atoms with E-state index in [1.165, 1.54) is 5.56 Å². The van der Waals surface area contributed by atoms with Gasteiger partial charge in [-0.25, -0.2) is 0 Å². The number of amides is 1. The first-order chi connectivity index (χ1) is 13.0. The molecule has 150 valence electrons. The first-order valence-corrected chi connectivity index (χ1v) is 10.2. The van der Waals surface area contributed by atoms with Gasteiger partial charge in [0.25, 0.3) is 0 Å². The summed E-state index contributed by atoms with van der Waals surface area (Å²) in [5.74, 6) is 1.12. The van der Waals surface area contributed by atoms with Crippen molar-refractivity contribution in [2.45, 2.75) is 71.9 Å². The number of guanidine groups is 1. The molecule has 1 aliphatic rings. The van der Waals surface area contributed by atoms with E-state index in [0.29, 0.717) is 12.6 Å². The van der Waals surface area contributed by atoms with Crippen LogP contribution in [0.2, 0.25) is 0 Å². The number of hydrogen-bond donors (Lipinski definition) is 3. The van der Waals surface area contributed by atoms with E-state index >= 15 is 0 Å². The minimum atomic E-state index is 0.0974. The van der Waals surface area contributed by atoms with E-state index in [-0.39, 0.29) is 17.9 Å². The smallest absolute Gasteiger partial charge is 0.223 e. The topological polar surface area (TPSA) is 78.4 Å². The van der Waals surface area contributed by atoms with Crippen LogP contribution >= 0.6 is 0 Å². The lowest BCUT2D eigenvalue weighted by Crippen LogP contribution is -2.47. The maximum absolute atomic E-state index is 12.3. The van der Waals surface area contributed by atoms with Gasteiger partial charge >= 0.3 is 0 Å². The van der Waals surface area contributed by atoms with Gasteiger partial charge in [0.1, 0.15) is 0 Å². The lowest BCUT2D eigenvalue weighted by molar-refractivity contribution is -0.126. The molecule has 0 aliphatic heterocycles. The molecule has 2 rings (SSSR count). The van der Waals surface area contributed by atoms with Crippen LogP contribution in [0, 0.1) is 12.8 Å². The quantitative estimate of drug-likeness (QED) is 0.507. The first-order valence-electron chi connectivity index (χ1n) is 10.2. The summed E-state index contributed by atoms with van der Waals surface area (Å²) < 4.78 is 0. The van der Waals surface area contributed by atoms with Crippen molar-refractivity contribution in [2.75, 3.05) is 13.1 Å². The molecule has 0 saturated heterocycles. The summed E-state index contributed by atoms with van der Waals surface area (Å²) >= 11 is 0. The third-order valence-electron chi connectivity index (χ3n) is 4.80. The van der Waals surface area contributed by atoms with E-state index in [1.54, 1.807) is 0 Å². The van der Waals surface area contributed by atoms with E-state index in [2.05, 4.69) is 33.9 Å². The van der Waals surface area contributed by atoms with Crippen LogP contribution in [0.4, 0.5) is 0 Å². The van der Waals surface area contributed by atoms with Gasteiger partial charge in [-0.05, 0) is 65.0 Å². The van der Waals surface area contributed by atoms with E-state index in [0.717, 1.165) is 50.3 Å². The molecule has 1 fully saturated rings. The normalized spacial score (nSPS) is 20.4. The molecule has 0 spiro atoms. The van der Waals surface area contributed by atoms with E-state index in [9.17, 15) is 4.79 Å². The van der Waals surface area contributed by atoms with Gasteiger partial charge in [-0.2, -0.15) is 0 Å². The minimum absolute atomic E-state index is 0.0974. The number of aryl methyl sites for hydroxylation is 1. The summed E-state index contributed by atoms with van der Waals surface area (Å²) in [7, 11) is 0. The van der Waals surface area contributed by atoms with Gasteiger partial charge in [0.05, 0.1) is 0 Å². The predicted octanol–water partition coefficient (Wildman–Crippen LogP) is 2.57. The molecule has 1 aromatic rings. The van der Waals surface area contributed by atoms with Crippen molar-refractivity contribution in [1.82, 2.24) is 20.9 Å². The second-order valence-electron chi connectivity index (χ2n) is 7.69. The number of aromatic nitrogens is 1. The van der Waals surface area contributed by atoms with E-state index in [1.807, 2.05) is 33.0 Å². The van der Waals surface area contributed by atoms with Gasteiger partial charge in [0.2, 0.25) is 5.91 Å². The van der Waals surface area contributed by atoms with Crippen LogP contribution in [0.15, 0.2) is 23.3 Å². The van der Waals surface area contributed by atoms with Crippen molar-refractivity contribution in [3.8, 4) is 0 Å². The van der Waals surface area contributed by atoms with Crippen LogP contribution in [0.5, 0.6) is 0 Å². The third-order valence-corrected chi connectivity index (χ3v) is 4.80. The highest BCUT2D eigenvalue weighted by Crippen LogP contribution is 2.24. The number of carbonyl (C=O) groups is 1. The predicted molar refractivity (Wildman–Crippen MR) is 111 cm³/mol. The molecule has 6 heteroatoms. The van der Waals surface area contributed by atoms with Crippen molar-refractivity contribution < 1.29 is 4.79 Å². The maximum Gasteiger partial charge on any atom is 0.223 e. The number of aliphatic imine (C=N–C) groups is 1. The standard InChI is InChI=1S/C21H35N5O/c1-5-22-21(23-12-11-17-10-9-16(4)24-14-17)26-19-8-6-7-18(13-19)20(27)25-15(2)3/h9-10,14-15,18-19H,5-8,11-13H2,1-4H3,(H,25,27)(H2,22,23,26). The molecule has 0 radical (unpaired) electrons. The summed E-state index contributed by atoms with van der Waals surface area (Å²) in [4.78, 5) is 21.4. The van der Waals surface area contributed by atoms with Crippen LogP contribution in [0.25, 0.3) is 0 Å². The first kappa shape index (κ1) is 21.2. The number of rotatable bonds is 7. The van der Waals surface area contributed by atoms with Gasteiger partial charge in [-0.15, -0.1) is 0 Å². The lowest BCUT2D eigenvalue weighted by atomic mass is 9.85. The zero-order valence-corrected chi connectivity index (χ0v) is 17.2. The molecule has 0 bridgehead atoms. The molecule has 6 nitrogen and oxygen atoms in total. The monoisotopic (exact) mass is 373 g/mol. The fourth-order valence-corrected chi connectivity index (χ4v) is 3.42. The molecule has 1 saturated carbocycles.